The van der Waals surface area contributed by atoms with Gasteiger partial charge in [-0.25, -0.2) is 22.0 Å². The van der Waals surface area contributed by atoms with Gasteiger partial charge in [-0.1, -0.05) is 0 Å². The fourth-order valence-corrected chi connectivity index (χ4v) is 1.80. The van der Waals surface area contributed by atoms with Gasteiger partial charge in [-0.3, -0.25) is 4.98 Å². The zero-order valence-corrected chi connectivity index (χ0v) is 9.42. The van der Waals surface area contributed by atoms with E-state index < -0.39 is 34.8 Å². The summed E-state index contributed by atoms with van der Waals surface area (Å²) in [5.41, 5.74) is 0.440. The SMILES string of the molecule is Fc1c(F)c(F)c(NCc2cncs2)c(F)c1F. The van der Waals surface area contributed by atoms with Gasteiger partial charge in [0.1, 0.15) is 5.69 Å². The minimum Gasteiger partial charge on any atom is -0.375 e. The van der Waals surface area contributed by atoms with Crippen LogP contribution in [0.5, 0.6) is 0 Å². The third-order valence-electron chi connectivity index (χ3n) is 2.13. The first kappa shape index (κ1) is 12.7. The molecule has 1 aromatic heterocycles. The van der Waals surface area contributed by atoms with Crippen LogP contribution < -0.4 is 5.32 Å². The first-order valence-electron chi connectivity index (χ1n) is 4.65. The number of nitrogens with zero attached hydrogens (tertiary/aromatic N) is 1. The van der Waals surface area contributed by atoms with Crippen LogP contribution >= 0.6 is 11.3 Å². The lowest BCUT2D eigenvalue weighted by atomic mass is 10.2. The van der Waals surface area contributed by atoms with E-state index >= 15 is 0 Å². The molecule has 0 aliphatic rings. The molecule has 0 saturated heterocycles. The molecule has 0 amide bonds. The molecule has 1 heterocycles. The predicted molar refractivity (Wildman–Crippen MR) is 55.7 cm³/mol. The normalized spacial score (nSPS) is 10.7. The van der Waals surface area contributed by atoms with E-state index in [9.17, 15) is 22.0 Å². The fraction of sp³-hybridized carbons (Fsp3) is 0.100. The van der Waals surface area contributed by atoms with Gasteiger partial charge in [-0.2, -0.15) is 0 Å². The number of hydrogen-bond donors (Lipinski definition) is 1. The minimum atomic E-state index is -2.17. The summed E-state index contributed by atoms with van der Waals surface area (Å²) >= 11 is 1.19. The molecule has 0 radical (unpaired) electrons. The van der Waals surface area contributed by atoms with E-state index in [2.05, 4.69) is 10.3 Å². The lowest BCUT2D eigenvalue weighted by Crippen LogP contribution is -2.09. The summed E-state index contributed by atoms with van der Waals surface area (Å²) in [6.07, 6.45) is 1.42. The lowest BCUT2D eigenvalue weighted by molar-refractivity contribution is 0.381. The van der Waals surface area contributed by atoms with Crippen molar-refractivity contribution < 1.29 is 22.0 Å². The summed E-state index contributed by atoms with van der Waals surface area (Å²) in [5.74, 6) is -9.87. The molecule has 1 aromatic carbocycles. The highest BCUT2D eigenvalue weighted by molar-refractivity contribution is 7.09. The monoisotopic (exact) mass is 280 g/mol. The fourth-order valence-electron chi connectivity index (χ4n) is 1.27. The van der Waals surface area contributed by atoms with Gasteiger partial charge in [0.25, 0.3) is 0 Å². The molecule has 2 nitrogen and oxygen atoms in total. The number of thiazole rings is 1. The van der Waals surface area contributed by atoms with Gasteiger partial charge >= 0.3 is 0 Å². The molecule has 96 valence electrons. The highest BCUT2D eigenvalue weighted by Crippen LogP contribution is 2.27. The summed E-state index contributed by atoms with van der Waals surface area (Å²) in [6.45, 7) is -0.0803. The van der Waals surface area contributed by atoms with Crippen molar-refractivity contribution in [3.63, 3.8) is 0 Å². The largest absolute Gasteiger partial charge is 0.375 e. The molecule has 2 aromatic rings. The second kappa shape index (κ2) is 4.89. The second-order valence-electron chi connectivity index (χ2n) is 3.27. The highest BCUT2D eigenvalue weighted by atomic mass is 32.1. The number of anilines is 1. The Morgan fingerprint density at radius 3 is 2.00 bits per heavy atom. The Kier molecular flexibility index (Phi) is 3.46. The minimum absolute atomic E-state index is 0.0803. The van der Waals surface area contributed by atoms with Crippen LogP contribution in [0, 0.1) is 29.1 Å². The molecule has 0 spiro atoms. The van der Waals surface area contributed by atoms with Crippen molar-refractivity contribution >= 4 is 17.0 Å². The number of hydrogen-bond acceptors (Lipinski definition) is 3. The smallest absolute Gasteiger partial charge is 0.200 e. The molecule has 1 N–H and O–H groups in total. The summed E-state index contributed by atoms with van der Waals surface area (Å²) in [7, 11) is 0. The molecule has 0 saturated carbocycles. The molecule has 0 aliphatic carbocycles. The number of halogens is 5. The Labute approximate surface area is 102 Å². The number of nitrogens with one attached hydrogen (secondary N) is 1. The van der Waals surface area contributed by atoms with Gasteiger partial charge in [0.05, 0.1) is 12.1 Å². The molecule has 2 rings (SSSR count). The summed E-state index contributed by atoms with van der Waals surface area (Å²) in [4.78, 5) is 4.31. The van der Waals surface area contributed by atoms with E-state index in [1.807, 2.05) is 0 Å². The van der Waals surface area contributed by atoms with Crippen LogP contribution in [0.3, 0.4) is 0 Å². The van der Waals surface area contributed by atoms with E-state index in [1.165, 1.54) is 23.0 Å². The molecule has 0 fully saturated rings. The van der Waals surface area contributed by atoms with Gasteiger partial charge in [0.15, 0.2) is 23.3 Å². The van der Waals surface area contributed by atoms with E-state index in [4.69, 9.17) is 0 Å². The molecule has 0 aliphatic heterocycles. The Morgan fingerprint density at radius 2 is 1.50 bits per heavy atom. The van der Waals surface area contributed by atoms with Crippen molar-refractivity contribution in [2.45, 2.75) is 6.54 Å². The van der Waals surface area contributed by atoms with Crippen LogP contribution in [0.15, 0.2) is 11.7 Å². The van der Waals surface area contributed by atoms with Gasteiger partial charge in [-0.15, -0.1) is 11.3 Å². The average Bonchev–Trinajstić information content (AvgIpc) is 2.87. The molecule has 0 bridgehead atoms. The van der Waals surface area contributed by atoms with Crippen LogP contribution in [0.2, 0.25) is 0 Å². The van der Waals surface area contributed by atoms with Crippen molar-refractivity contribution in [2.24, 2.45) is 0 Å². The second-order valence-corrected chi connectivity index (χ2v) is 4.24. The number of aromatic nitrogens is 1. The number of rotatable bonds is 3. The van der Waals surface area contributed by atoms with Crippen LogP contribution in [0.4, 0.5) is 27.6 Å². The maximum absolute atomic E-state index is 13.2. The first-order valence-corrected chi connectivity index (χ1v) is 5.53. The van der Waals surface area contributed by atoms with Crippen molar-refractivity contribution in [1.29, 1.82) is 0 Å². The Balaban J connectivity index is 2.33. The molecule has 8 heteroatoms. The molecular formula is C10H5F5N2S. The summed E-state index contributed by atoms with van der Waals surface area (Å²) in [5, 5.41) is 2.17. The molecule has 0 atom stereocenters. The van der Waals surface area contributed by atoms with E-state index in [0.29, 0.717) is 4.88 Å². The van der Waals surface area contributed by atoms with Crippen LogP contribution in [0.25, 0.3) is 0 Å². The Bertz CT molecular complexity index is 541. The standard InChI is InChI=1S/C10H5F5N2S/c11-5-6(12)8(14)10(9(15)7(5)13)17-2-4-1-16-3-18-4/h1,3,17H,2H2. The van der Waals surface area contributed by atoms with Crippen molar-refractivity contribution in [3.05, 3.63) is 45.7 Å². The molecule has 18 heavy (non-hydrogen) atoms. The summed E-state index contributed by atoms with van der Waals surface area (Å²) < 4.78 is 64.9. The van der Waals surface area contributed by atoms with Gasteiger partial charge in [-0.05, 0) is 0 Å². The van der Waals surface area contributed by atoms with E-state index in [-0.39, 0.29) is 6.54 Å². The Morgan fingerprint density at radius 1 is 0.944 bits per heavy atom. The molecular weight excluding hydrogens is 275 g/mol. The molecule has 0 unspecified atom stereocenters. The van der Waals surface area contributed by atoms with E-state index in [1.54, 1.807) is 0 Å². The zero-order chi connectivity index (χ0) is 13.3. The van der Waals surface area contributed by atoms with Gasteiger partial charge < -0.3 is 5.32 Å². The Hall–Kier alpha value is -1.70. The maximum Gasteiger partial charge on any atom is 0.200 e. The predicted octanol–water partition coefficient (Wildman–Crippen LogP) is 3.45. The highest BCUT2D eigenvalue weighted by Gasteiger charge is 2.25. The third kappa shape index (κ3) is 2.15. The van der Waals surface area contributed by atoms with Crippen molar-refractivity contribution in [2.75, 3.05) is 5.32 Å². The van der Waals surface area contributed by atoms with Crippen molar-refractivity contribution in [3.8, 4) is 0 Å². The topological polar surface area (TPSA) is 24.9 Å². The maximum atomic E-state index is 13.2. The first-order chi connectivity index (χ1) is 8.52. The quantitative estimate of drug-likeness (QED) is 0.529. The van der Waals surface area contributed by atoms with Crippen LogP contribution in [0.1, 0.15) is 4.88 Å². The van der Waals surface area contributed by atoms with Gasteiger partial charge in [0, 0.05) is 11.1 Å². The summed E-state index contributed by atoms with van der Waals surface area (Å²) in [6, 6.07) is 0. The van der Waals surface area contributed by atoms with Crippen LogP contribution in [-0.4, -0.2) is 4.98 Å². The van der Waals surface area contributed by atoms with Crippen LogP contribution in [-0.2, 0) is 6.54 Å². The van der Waals surface area contributed by atoms with Gasteiger partial charge in [0.2, 0.25) is 5.82 Å². The number of benzene rings is 1. The average molecular weight is 280 g/mol. The third-order valence-corrected chi connectivity index (χ3v) is 2.91. The zero-order valence-electron chi connectivity index (χ0n) is 8.61. The lowest BCUT2D eigenvalue weighted by Gasteiger charge is -2.09. The van der Waals surface area contributed by atoms with E-state index in [0.717, 1.165) is 0 Å². The van der Waals surface area contributed by atoms with Crippen molar-refractivity contribution in [1.82, 2.24) is 4.98 Å².